The zero-order valence-electron chi connectivity index (χ0n) is 17.5. The number of methoxy groups -OCH3 is 1. The highest BCUT2D eigenvalue weighted by Crippen LogP contribution is 2.34. The minimum absolute atomic E-state index is 0.330. The van der Waals surface area contributed by atoms with Crippen molar-refractivity contribution in [1.82, 2.24) is 9.97 Å². The molecule has 1 aromatic heterocycles. The number of rotatable bonds is 6. The minimum Gasteiger partial charge on any atom is -0.496 e. The molecule has 4 rings (SSSR count). The van der Waals surface area contributed by atoms with Gasteiger partial charge in [0, 0.05) is 17.2 Å². The molecule has 33 heavy (non-hydrogen) atoms. The molecule has 0 bridgehead atoms. The van der Waals surface area contributed by atoms with Crippen LogP contribution in [0.15, 0.2) is 72.9 Å². The van der Waals surface area contributed by atoms with Crippen LogP contribution in [0.1, 0.15) is 16.7 Å². The number of H-pyrrole nitrogens is 1. The third kappa shape index (κ3) is 4.99. The minimum atomic E-state index is -4.38. The average molecular weight is 449 g/mol. The van der Waals surface area contributed by atoms with E-state index in [9.17, 15) is 13.2 Å². The topological polar surface area (TPSA) is 70.9 Å². The highest BCUT2D eigenvalue weighted by atomic mass is 19.4. The Morgan fingerprint density at radius 1 is 1.00 bits per heavy atom. The van der Waals surface area contributed by atoms with Gasteiger partial charge in [-0.3, -0.25) is 0 Å². The summed E-state index contributed by atoms with van der Waals surface area (Å²) in [6.45, 7) is 0.330. The summed E-state index contributed by atoms with van der Waals surface area (Å²) in [5.74, 6) is 1.60. The molecule has 0 radical (unpaired) electrons. The second kappa shape index (κ2) is 9.09. The standard InChI is InChI=1S/C25H18F3N3O2/c1-32-23-12-20(33-15-17-4-2-16(13-29)3-5-17)10-11-21(23)22-14-30-24(31-22)18-6-8-19(9-7-18)25(26,27)28/h2-12,14H,15H2,1H3,(H,30,31). The Kier molecular flexibility index (Phi) is 6.05. The van der Waals surface area contributed by atoms with Crippen molar-refractivity contribution >= 4 is 0 Å². The molecule has 8 heteroatoms. The molecule has 0 spiro atoms. The summed E-state index contributed by atoms with van der Waals surface area (Å²) in [6, 6.07) is 19.4. The number of aromatic amines is 1. The molecule has 4 aromatic rings. The van der Waals surface area contributed by atoms with Crippen LogP contribution in [-0.4, -0.2) is 17.1 Å². The first kappa shape index (κ1) is 22.0. The van der Waals surface area contributed by atoms with Gasteiger partial charge < -0.3 is 14.5 Å². The van der Waals surface area contributed by atoms with E-state index in [2.05, 4.69) is 16.0 Å². The van der Waals surface area contributed by atoms with Crippen molar-refractivity contribution in [3.63, 3.8) is 0 Å². The lowest BCUT2D eigenvalue weighted by atomic mass is 10.1. The van der Waals surface area contributed by atoms with Gasteiger partial charge in [0.15, 0.2) is 0 Å². The molecule has 0 aliphatic carbocycles. The number of nitrogens with one attached hydrogen (secondary N) is 1. The fourth-order valence-electron chi connectivity index (χ4n) is 3.25. The van der Waals surface area contributed by atoms with E-state index in [4.69, 9.17) is 14.7 Å². The van der Waals surface area contributed by atoms with E-state index < -0.39 is 11.7 Å². The molecule has 5 nitrogen and oxygen atoms in total. The van der Waals surface area contributed by atoms with Crippen molar-refractivity contribution in [2.75, 3.05) is 7.11 Å². The van der Waals surface area contributed by atoms with E-state index in [1.165, 1.54) is 19.2 Å². The normalized spacial score (nSPS) is 11.1. The molecule has 3 aromatic carbocycles. The fourth-order valence-corrected chi connectivity index (χ4v) is 3.25. The lowest BCUT2D eigenvalue weighted by molar-refractivity contribution is -0.137. The number of halogens is 3. The summed E-state index contributed by atoms with van der Waals surface area (Å²) < 4.78 is 49.7. The zero-order chi connectivity index (χ0) is 23.4. The van der Waals surface area contributed by atoms with Gasteiger partial charge in [-0.15, -0.1) is 0 Å². The maximum atomic E-state index is 12.8. The number of ether oxygens (including phenoxy) is 2. The SMILES string of the molecule is COc1cc(OCc2ccc(C#N)cc2)ccc1-c1cnc(-c2ccc(C(F)(F)F)cc2)[nH]1. The Bertz CT molecular complexity index is 1290. The zero-order valence-corrected chi connectivity index (χ0v) is 17.5. The summed E-state index contributed by atoms with van der Waals surface area (Å²) in [6.07, 6.45) is -2.79. The molecule has 0 amide bonds. The monoisotopic (exact) mass is 449 g/mol. The first-order valence-electron chi connectivity index (χ1n) is 9.90. The fraction of sp³-hybridized carbons (Fsp3) is 0.120. The Hall–Kier alpha value is -4.25. The van der Waals surface area contributed by atoms with Crippen molar-refractivity contribution < 1.29 is 22.6 Å². The number of hydrogen-bond acceptors (Lipinski definition) is 4. The second-order valence-electron chi connectivity index (χ2n) is 7.18. The maximum Gasteiger partial charge on any atom is 0.416 e. The highest BCUT2D eigenvalue weighted by molar-refractivity contribution is 5.71. The predicted molar refractivity (Wildman–Crippen MR) is 117 cm³/mol. The van der Waals surface area contributed by atoms with Crippen molar-refractivity contribution in [1.29, 1.82) is 5.26 Å². The van der Waals surface area contributed by atoms with Crippen LogP contribution in [0.3, 0.4) is 0 Å². The number of imidazole rings is 1. The molecular weight excluding hydrogens is 431 g/mol. The quantitative estimate of drug-likeness (QED) is 0.379. The molecule has 0 saturated carbocycles. The van der Waals surface area contributed by atoms with Crippen LogP contribution in [0.5, 0.6) is 11.5 Å². The van der Waals surface area contributed by atoms with E-state index in [0.717, 1.165) is 23.3 Å². The lowest BCUT2D eigenvalue weighted by Gasteiger charge is -2.11. The van der Waals surface area contributed by atoms with Gasteiger partial charge in [0.05, 0.1) is 36.2 Å². The summed E-state index contributed by atoms with van der Waals surface area (Å²) in [7, 11) is 1.54. The number of aromatic nitrogens is 2. The third-order valence-corrected chi connectivity index (χ3v) is 5.01. The molecule has 166 valence electrons. The Morgan fingerprint density at radius 2 is 1.73 bits per heavy atom. The van der Waals surface area contributed by atoms with Gasteiger partial charge in [-0.2, -0.15) is 18.4 Å². The number of hydrogen-bond donors (Lipinski definition) is 1. The van der Waals surface area contributed by atoms with Crippen LogP contribution in [0.2, 0.25) is 0 Å². The Morgan fingerprint density at radius 3 is 2.36 bits per heavy atom. The molecule has 0 saturated heterocycles. The number of nitriles is 1. The molecule has 1 N–H and O–H groups in total. The van der Waals surface area contributed by atoms with Gasteiger partial charge in [-0.1, -0.05) is 24.3 Å². The van der Waals surface area contributed by atoms with E-state index in [-0.39, 0.29) is 0 Å². The van der Waals surface area contributed by atoms with Crippen molar-refractivity contribution in [3.8, 4) is 40.2 Å². The van der Waals surface area contributed by atoms with E-state index in [1.807, 2.05) is 18.2 Å². The average Bonchev–Trinajstić information content (AvgIpc) is 3.32. The summed E-state index contributed by atoms with van der Waals surface area (Å²) in [4.78, 5) is 7.42. The summed E-state index contributed by atoms with van der Waals surface area (Å²) in [5.41, 5.74) is 2.72. The molecule has 0 aliphatic rings. The summed E-state index contributed by atoms with van der Waals surface area (Å²) >= 11 is 0. The van der Waals surface area contributed by atoms with Crippen molar-refractivity contribution in [2.45, 2.75) is 12.8 Å². The second-order valence-corrected chi connectivity index (χ2v) is 7.18. The van der Waals surface area contributed by atoms with Gasteiger partial charge >= 0.3 is 6.18 Å². The number of nitrogens with zero attached hydrogens (tertiary/aromatic N) is 2. The molecule has 0 atom stereocenters. The molecule has 0 aliphatic heterocycles. The Balaban J connectivity index is 1.51. The van der Waals surface area contributed by atoms with Crippen LogP contribution < -0.4 is 9.47 Å². The molecule has 1 heterocycles. The van der Waals surface area contributed by atoms with Crippen molar-refractivity contribution in [2.24, 2.45) is 0 Å². The van der Waals surface area contributed by atoms with Gasteiger partial charge in [-0.05, 0) is 42.0 Å². The van der Waals surface area contributed by atoms with Gasteiger partial charge in [0.2, 0.25) is 0 Å². The predicted octanol–water partition coefficient (Wildman–Crippen LogP) is 6.22. The van der Waals surface area contributed by atoms with Crippen molar-refractivity contribution in [3.05, 3.63) is 89.6 Å². The third-order valence-electron chi connectivity index (χ3n) is 5.01. The van der Waals surface area contributed by atoms with Gasteiger partial charge in [0.1, 0.15) is 23.9 Å². The van der Waals surface area contributed by atoms with Crippen LogP contribution in [0.25, 0.3) is 22.6 Å². The maximum absolute atomic E-state index is 12.8. The smallest absolute Gasteiger partial charge is 0.416 e. The van der Waals surface area contributed by atoms with Crippen LogP contribution in [-0.2, 0) is 12.8 Å². The van der Waals surface area contributed by atoms with Crippen LogP contribution in [0, 0.1) is 11.3 Å². The van der Waals surface area contributed by atoms with E-state index in [1.54, 1.807) is 30.5 Å². The number of alkyl halides is 3. The number of benzene rings is 3. The van der Waals surface area contributed by atoms with E-state index >= 15 is 0 Å². The summed E-state index contributed by atoms with van der Waals surface area (Å²) in [5, 5.41) is 8.88. The van der Waals surface area contributed by atoms with Gasteiger partial charge in [-0.25, -0.2) is 4.98 Å². The van der Waals surface area contributed by atoms with Crippen LogP contribution in [0.4, 0.5) is 13.2 Å². The highest BCUT2D eigenvalue weighted by Gasteiger charge is 2.30. The molecule has 0 fully saturated rings. The first-order chi connectivity index (χ1) is 15.9. The molecule has 0 unspecified atom stereocenters. The van der Waals surface area contributed by atoms with Crippen LogP contribution >= 0.6 is 0 Å². The van der Waals surface area contributed by atoms with Gasteiger partial charge in [0.25, 0.3) is 0 Å². The largest absolute Gasteiger partial charge is 0.496 e. The first-order valence-corrected chi connectivity index (χ1v) is 9.90. The van der Waals surface area contributed by atoms with E-state index in [0.29, 0.717) is 40.8 Å². The lowest BCUT2D eigenvalue weighted by Crippen LogP contribution is -2.04. The Labute approximate surface area is 188 Å². The molecular formula is C25H18F3N3O2.